The SMILES string of the molecule is O=S(=O)(NC1CCN(CCCc2noc3cc(F)ccc23)C1)c1cc2ccccc2o1. The van der Waals surface area contributed by atoms with Crippen LogP contribution in [0.1, 0.15) is 18.5 Å². The minimum Gasteiger partial charge on any atom is -0.443 e. The fourth-order valence-corrected chi connectivity index (χ4v) is 5.34. The van der Waals surface area contributed by atoms with Gasteiger partial charge in [0.05, 0.1) is 5.69 Å². The van der Waals surface area contributed by atoms with Crippen LogP contribution in [0.4, 0.5) is 4.39 Å². The van der Waals surface area contributed by atoms with Crippen LogP contribution < -0.4 is 4.72 Å². The molecular weight excluding hydrogens is 421 g/mol. The highest BCUT2D eigenvalue weighted by Crippen LogP contribution is 2.24. The second-order valence-electron chi connectivity index (χ2n) is 7.88. The largest absolute Gasteiger partial charge is 0.443 e. The van der Waals surface area contributed by atoms with E-state index in [9.17, 15) is 12.8 Å². The first-order chi connectivity index (χ1) is 15.0. The monoisotopic (exact) mass is 443 g/mol. The van der Waals surface area contributed by atoms with Gasteiger partial charge in [-0.25, -0.2) is 17.5 Å². The molecule has 162 valence electrons. The quantitative estimate of drug-likeness (QED) is 0.469. The van der Waals surface area contributed by atoms with Gasteiger partial charge in [-0.2, -0.15) is 0 Å². The first-order valence-electron chi connectivity index (χ1n) is 10.2. The van der Waals surface area contributed by atoms with E-state index in [0.717, 1.165) is 42.4 Å². The highest BCUT2D eigenvalue weighted by Gasteiger charge is 2.29. The molecule has 1 fully saturated rings. The first-order valence-corrected chi connectivity index (χ1v) is 11.7. The maximum Gasteiger partial charge on any atom is 0.274 e. The number of likely N-dealkylation sites (tertiary alicyclic amines) is 1. The molecule has 3 heterocycles. The van der Waals surface area contributed by atoms with Gasteiger partial charge in [-0.1, -0.05) is 23.4 Å². The Bertz CT molecular complexity index is 1300. The summed E-state index contributed by atoms with van der Waals surface area (Å²) in [6.07, 6.45) is 2.30. The Morgan fingerprint density at radius 2 is 2.03 bits per heavy atom. The van der Waals surface area contributed by atoms with Crippen molar-refractivity contribution in [3.8, 4) is 0 Å². The van der Waals surface area contributed by atoms with Crippen molar-refractivity contribution in [3.05, 3.63) is 60.0 Å². The normalized spacial score (nSPS) is 17.8. The molecule has 4 aromatic rings. The van der Waals surface area contributed by atoms with Gasteiger partial charge in [-0.05, 0) is 50.6 Å². The van der Waals surface area contributed by atoms with E-state index in [2.05, 4.69) is 14.8 Å². The average molecular weight is 444 g/mol. The van der Waals surface area contributed by atoms with Crippen LogP contribution in [-0.2, 0) is 16.4 Å². The van der Waals surface area contributed by atoms with E-state index < -0.39 is 10.0 Å². The lowest BCUT2D eigenvalue weighted by atomic mass is 10.1. The minimum absolute atomic E-state index is 0.0542. The highest BCUT2D eigenvalue weighted by atomic mass is 32.2. The molecule has 1 unspecified atom stereocenters. The molecule has 0 saturated carbocycles. The van der Waals surface area contributed by atoms with E-state index in [1.165, 1.54) is 12.1 Å². The zero-order valence-corrected chi connectivity index (χ0v) is 17.6. The highest BCUT2D eigenvalue weighted by molar-refractivity contribution is 7.89. The molecule has 0 spiro atoms. The topological polar surface area (TPSA) is 88.6 Å². The summed E-state index contributed by atoms with van der Waals surface area (Å²) < 4.78 is 52.2. The zero-order valence-electron chi connectivity index (χ0n) is 16.8. The molecule has 1 N–H and O–H groups in total. The number of para-hydroxylation sites is 1. The molecule has 5 rings (SSSR count). The summed E-state index contributed by atoms with van der Waals surface area (Å²) in [4.78, 5) is 2.23. The predicted octanol–water partition coefficient (Wildman–Crippen LogP) is 3.70. The Kier molecular flexibility index (Phi) is 5.25. The van der Waals surface area contributed by atoms with Crippen LogP contribution in [0.3, 0.4) is 0 Å². The lowest BCUT2D eigenvalue weighted by Gasteiger charge is -2.16. The molecule has 2 aromatic heterocycles. The van der Waals surface area contributed by atoms with Gasteiger partial charge in [0.2, 0.25) is 5.09 Å². The van der Waals surface area contributed by atoms with Gasteiger partial charge in [0, 0.05) is 35.5 Å². The molecule has 7 nitrogen and oxygen atoms in total. The van der Waals surface area contributed by atoms with Gasteiger partial charge in [0.1, 0.15) is 11.4 Å². The number of furan rings is 1. The fraction of sp³-hybridized carbons (Fsp3) is 0.318. The van der Waals surface area contributed by atoms with Crippen molar-refractivity contribution in [1.29, 1.82) is 0 Å². The molecule has 1 aliphatic rings. The van der Waals surface area contributed by atoms with Crippen molar-refractivity contribution in [2.45, 2.75) is 30.4 Å². The number of nitrogens with zero attached hydrogens (tertiary/aromatic N) is 2. The number of aromatic nitrogens is 1. The standard InChI is InChI=1S/C22H22FN3O4S/c23-16-7-8-18-19(24-30-21(18)13-16)5-3-10-26-11-9-17(14-26)25-31(27,28)22-12-15-4-1-2-6-20(15)29-22/h1-2,4,6-8,12-13,17,25H,3,5,9-11,14H2. The van der Waals surface area contributed by atoms with Gasteiger partial charge < -0.3 is 13.8 Å². The molecule has 31 heavy (non-hydrogen) atoms. The van der Waals surface area contributed by atoms with Crippen molar-refractivity contribution in [1.82, 2.24) is 14.8 Å². The van der Waals surface area contributed by atoms with Crippen molar-refractivity contribution < 1.29 is 21.7 Å². The van der Waals surface area contributed by atoms with Crippen LogP contribution in [0.2, 0.25) is 0 Å². The summed E-state index contributed by atoms with van der Waals surface area (Å²) in [7, 11) is -3.71. The number of nitrogens with one attached hydrogen (secondary N) is 1. The van der Waals surface area contributed by atoms with Gasteiger partial charge in [0.25, 0.3) is 10.0 Å². The van der Waals surface area contributed by atoms with Gasteiger partial charge in [0.15, 0.2) is 5.58 Å². The van der Waals surface area contributed by atoms with Gasteiger partial charge in [-0.15, -0.1) is 0 Å². The smallest absolute Gasteiger partial charge is 0.274 e. The molecule has 1 saturated heterocycles. The van der Waals surface area contributed by atoms with E-state index in [4.69, 9.17) is 8.94 Å². The molecule has 1 aliphatic heterocycles. The molecule has 2 aromatic carbocycles. The van der Waals surface area contributed by atoms with Crippen molar-refractivity contribution in [2.75, 3.05) is 19.6 Å². The molecule has 0 bridgehead atoms. The second kappa shape index (κ2) is 8.07. The molecule has 0 radical (unpaired) electrons. The van der Waals surface area contributed by atoms with E-state index in [1.807, 2.05) is 18.2 Å². The number of benzene rings is 2. The molecule has 9 heteroatoms. The lowest BCUT2D eigenvalue weighted by Crippen LogP contribution is -2.37. The van der Waals surface area contributed by atoms with E-state index in [1.54, 1.807) is 18.2 Å². The number of hydrogen-bond acceptors (Lipinski definition) is 6. The van der Waals surface area contributed by atoms with Crippen molar-refractivity contribution in [2.24, 2.45) is 0 Å². The van der Waals surface area contributed by atoms with Crippen LogP contribution in [0.25, 0.3) is 21.9 Å². The number of fused-ring (bicyclic) bond motifs is 2. The fourth-order valence-electron chi connectivity index (χ4n) is 4.11. The minimum atomic E-state index is -3.71. The third-order valence-corrected chi connectivity index (χ3v) is 7.03. The van der Waals surface area contributed by atoms with Crippen LogP contribution in [-0.4, -0.2) is 44.2 Å². The van der Waals surface area contributed by atoms with E-state index >= 15 is 0 Å². The Morgan fingerprint density at radius 1 is 1.16 bits per heavy atom. The van der Waals surface area contributed by atoms with E-state index in [-0.39, 0.29) is 17.0 Å². The molecular formula is C22H22FN3O4S. The number of rotatable bonds is 7. The maximum absolute atomic E-state index is 13.3. The van der Waals surface area contributed by atoms with Crippen molar-refractivity contribution in [3.63, 3.8) is 0 Å². The first kappa shape index (κ1) is 20.2. The lowest BCUT2D eigenvalue weighted by molar-refractivity contribution is 0.325. The summed E-state index contributed by atoms with van der Waals surface area (Å²) in [5.74, 6) is -0.344. The van der Waals surface area contributed by atoms with Crippen LogP contribution in [0.5, 0.6) is 0 Å². The number of halogens is 1. The summed E-state index contributed by atoms with van der Waals surface area (Å²) in [5.41, 5.74) is 1.83. The number of hydrogen-bond donors (Lipinski definition) is 1. The van der Waals surface area contributed by atoms with Crippen molar-refractivity contribution >= 4 is 32.0 Å². The van der Waals surface area contributed by atoms with Crippen LogP contribution in [0.15, 0.2) is 62.6 Å². The van der Waals surface area contributed by atoms with Gasteiger partial charge >= 0.3 is 0 Å². The summed E-state index contributed by atoms with van der Waals surface area (Å²) in [6.45, 7) is 2.28. The van der Waals surface area contributed by atoms with E-state index in [0.29, 0.717) is 24.1 Å². The molecule has 0 aliphatic carbocycles. The Morgan fingerprint density at radius 3 is 2.90 bits per heavy atom. The Hall–Kier alpha value is -2.75. The van der Waals surface area contributed by atoms with Crippen LogP contribution >= 0.6 is 0 Å². The predicted molar refractivity (Wildman–Crippen MR) is 114 cm³/mol. The molecule has 0 amide bonds. The Labute approximate surface area is 178 Å². The zero-order chi connectivity index (χ0) is 21.4. The third kappa shape index (κ3) is 4.21. The second-order valence-corrected chi connectivity index (χ2v) is 9.53. The molecule has 1 atom stereocenters. The summed E-state index contributed by atoms with van der Waals surface area (Å²) in [5, 5.41) is 5.59. The van der Waals surface area contributed by atoms with Gasteiger partial charge in [-0.3, -0.25) is 0 Å². The average Bonchev–Trinajstić information content (AvgIpc) is 3.46. The number of sulfonamides is 1. The summed E-state index contributed by atoms with van der Waals surface area (Å²) in [6, 6.07) is 13.1. The maximum atomic E-state index is 13.3. The van der Waals surface area contributed by atoms with Crippen LogP contribution in [0, 0.1) is 5.82 Å². The Balaban J connectivity index is 1.15. The summed E-state index contributed by atoms with van der Waals surface area (Å²) >= 11 is 0. The third-order valence-electron chi connectivity index (χ3n) is 5.66. The number of aryl methyl sites for hydroxylation is 1.